The zero-order valence-electron chi connectivity index (χ0n) is 15.1. The van der Waals surface area contributed by atoms with Crippen molar-refractivity contribution < 1.29 is 14.4 Å². The summed E-state index contributed by atoms with van der Waals surface area (Å²) in [7, 11) is 0. The second-order valence-electron chi connectivity index (χ2n) is 7.01. The van der Waals surface area contributed by atoms with Crippen molar-refractivity contribution >= 4 is 11.6 Å². The minimum absolute atomic E-state index is 0.00478. The number of amides is 1. The lowest BCUT2D eigenvalue weighted by molar-refractivity contribution is 0.0762. The van der Waals surface area contributed by atoms with Crippen LogP contribution in [0.2, 0.25) is 0 Å². The van der Waals surface area contributed by atoms with Gasteiger partial charge in [-0.3, -0.25) is 14.0 Å². The van der Waals surface area contributed by atoms with Crippen molar-refractivity contribution in [2.45, 2.75) is 26.4 Å². The molecule has 0 saturated carbocycles. The van der Waals surface area contributed by atoms with E-state index in [1.807, 2.05) is 19.1 Å². The number of pyridine rings is 1. The highest BCUT2D eigenvalue weighted by molar-refractivity contribution is 5.94. The van der Waals surface area contributed by atoms with Crippen LogP contribution in [-0.2, 0) is 6.42 Å². The Kier molecular flexibility index (Phi) is 4.27. The Balaban J connectivity index is 1.58. The van der Waals surface area contributed by atoms with E-state index in [-0.39, 0.29) is 18.0 Å². The maximum atomic E-state index is 12.9. The molecule has 1 fully saturated rings. The Morgan fingerprint density at radius 1 is 1.33 bits per heavy atom. The number of aromatic nitrogens is 3. The fraction of sp³-hybridized carbons (Fsp3) is 0.368. The normalized spacial score (nSPS) is 19.7. The van der Waals surface area contributed by atoms with E-state index >= 15 is 0 Å². The zero-order valence-corrected chi connectivity index (χ0v) is 15.1. The first-order chi connectivity index (χ1) is 12.9. The van der Waals surface area contributed by atoms with E-state index in [0.717, 1.165) is 5.69 Å². The van der Waals surface area contributed by atoms with Gasteiger partial charge in [0.05, 0.1) is 11.8 Å². The average Bonchev–Trinajstić information content (AvgIpc) is 3.21. The number of aryl methyl sites for hydroxylation is 2. The van der Waals surface area contributed by atoms with Crippen LogP contribution in [0.5, 0.6) is 0 Å². The SMILES string of the molecule is Cc1cc(C[C@@H]2CN(C(=O)c3cnc4cccc(C)n4c3=O)C[C@@H]2O)on1. The Morgan fingerprint density at radius 2 is 2.15 bits per heavy atom. The minimum Gasteiger partial charge on any atom is -0.391 e. The van der Waals surface area contributed by atoms with Gasteiger partial charge in [-0.1, -0.05) is 11.2 Å². The Hall–Kier alpha value is -3.00. The van der Waals surface area contributed by atoms with Gasteiger partial charge < -0.3 is 14.5 Å². The van der Waals surface area contributed by atoms with E-state index in [4.69, 9.17) is 4.52 Å². The lowest BCUT2D eigenvalue weighted by Crippen LogP contribution is -2.35. The number of carbonyl (C=O) groups is 1. The molecular weight excluding hydrogens is 348 g/mol. The summed E-state index contributed by atoms with van der Waals surface area (Å²) in [6.45, 7) is 4.14. The molecule has 3 aromatic rings. The first kappa shape index (κ1) is 17.4. The van der Waals surface area contributed by atoms with Gasteiger partial charge in [0, 0.05) is 43.4 Å². The number of hydrogen-bond donors (Lipinski definition) is 1. The molecule has 8 nitrogen and oxygen atoms in total. The van der Waals surface area contributed by atoms with Gasteiger partial charge in [0.1, 0.15) is 17.0 Å². The molecule has 0 radical (unpaired) electrons. The molecule has 1 saturated heterocycles. The zero-order chi connectivity index (χ0) is 19.1. The fourth-order valence-electron chi connectivity index (χ4n) is 3.58. The van der Waals surface area contributed by atoms with E-state index in [0.29, 0.717) is 30.1 Å². The van der Waals surface area contributed by atoms with Gasteiger partial charge in [-0.05, 0) is 26.0 Å². The van der Waals surface area contributed by atoms with Crippen molar-refractivity contribution in [2.24, 2.45) is 5.92 Å². The summed E-state index contributed by atoms with van der Waals surface area (Å²) >= 11 is 0. The number of fused-ring (bicyclic) bond motifs is 1. The monoisotopic (exact) mass is 368 g/mol. The van der Waals surface area contributed by atoms with Crippen molar-refractivity contribution in [3.63, 3.8) is 0 Å². The minimum atomic E-state index is -0.683. The summed E-state index contributed by atoms with van der Waals surface area (Å²) < 4.78 is 6.63. The van der Waals surface area contributed by atoms with Crippen molar-refractivity contribution in [3.05, 3.63) is 63.5 Å². The summed E-state index contributed by atoms with van der Waals surface area (Å²) in [5.74, 6) is 0.0913. The lowest BCUT2D eigenvalue weighted by atomic mass is 10.0. The molecule has 8 heteroatoms. The molecule has 4 rings (SSSR count). The quantitative estimate of drug-likeness (QED) is 0.739. The predicted molar refractivity (Wildman–Crippen MR) is 96.5 cm³/mol. The van der Waals surface area contributed by atoms with Gasteiger partial charge in [0.25, 0.3) is 11.5 Å². The maximum Gasteiger partial charge on any atom is 0.270 e. The fourth-order valence-corrected chi connectivity index (χ4v) is 3.58. The van der Waals surface area contributed by atoms with Crippen LogP contribution >= 0.6 is 0 Å². The topological polar surface area (TPSA) is 101 Å². The number of likely N-dealkylation sites (tertiary alicyclic amines) is 1. The van der Waals surface area contributed by atoms with Gasteiger partial charge in [-0.25, -0.2) is 4.98 Å². The summed E-state index contributed by atoms with van der Waals surface area (Å²) in [4.78, 5) is 31.4. The van der Waals surface area contributed by atoms with Crippen LogP contribution in [0.3, 0.4) is 0 Å². The number of aliphatic hydroxyl groups excluding tert-OH is 1. The van der Waals surface area contributed by atoms with Gasteiger partial charge in [-0.2, -0.15) is 0 Å². The smallest absolute Gasteiger partial charge is 0.270 e. The van der Waals surface area contributed by atoms with E-state index in [9.17, 15) is 14.7 Å². The molecule has 27 heavy (non-hydrogen) atoms. The molecular formula is C19H20N4O4. The average molecular weight is 368 g/mol. The van der Waals surface area contributed by atoms with E-state index in [1.54, 1.807) is 19.1 Å². The van der Waals surface area contributed by atoms with Crippen LogP contribution in [0, 0.1) is 19.8 Å². The standard InChI is InChI=1S/C19H20N4O4/c1-11-6-14(27-21-11)7-13-9-22(10-16(13)24)18(25)15-8-20-17-5-3-4-12(2)23(17)19(15)26/h3-6,8,13,16,24H,7,9-10H2,1-2H3/t13-,16+/m1/s1. The van der Waals surface area contributed by atoms with Crippen molar-refractivity contribution in [3.8, 4) is 0 Å². The van der Waals surface area contributed by atoms with Crippen molar-refractivity contribution in [1.29, 1.82) is 0 Å². The Morgan fingerprint density at radius 3 is 2.89 bits per heavy atom. The van der Waals surface area contributed by atoms with Crippen LogP contribution in [0.15, 0.2) is 39.8 Å². The predicted octanol–water partition coefficient (Wildman–Crippen LogP) is 0.975. The molecule has 0 bridgehead atoms. The number of hydrogen-bond acceptors (Lipinski definition) is 6. The highest BCUT2D eigenvalue weighted by Crippen LogP contribution is 2.23. The van der Waals surface area contributed by atoms with Gasteiger partial charge in [0.15, 0.2) is 0 Å². The highest BCUT2D eigenvalue weighted by Gasteiger charge is 2.36. The molecule has 3 aromatic heterocycles. The second kappa shape index (κ2) is 6.62. The lowest BCUT2D eigenvalue weighted by Gasteiger charge is -2.16. The Labute approximate surface area is 155 Å². The third kappa shape index (κ3) is 3.12. The number of rotatable bonds is 3. The molecule has 140 valence electrons. The maximum absolute atomic E-state index is 12.9. The number of nitrogens with zero attached hydrogens (tertiary/aromatic N) is 4. The molecule has 0 spiro atoms. The van der Waals surface area contributed by atoms with Crippen molar-refractivity contribution in [2.75, 3.05) is 13.1 Å². The van der Waals surface area contributed by atoms with Crippen LogP contribution < -0.4 is 5.56 Å². The van der Waals surface area contributed by atoms with Crippen LogP contribution in [0.1, 0.15) is 27.5 Å². The summed E-state index contributed by atoms with van der Waals surface area (Å²) in [6.07, 6.45) is 1.12. The summed E-state index contributed by atoms with van der Waals surface area (Å²) in [5.41, 5.74) is 1.59. The highest BCUT2D eigenvalue weighted by atomic mass is 16.5. The summed E-state index contributed by atoms with van der Waals surface area (Å²) in [5, 5.41) is 14.2. The van der Waals surface area contributed by atoms with E-state index in [1.165, 1.54) is 15.5 Å². The molecule has 0 aromatic carbocycles. The number of aliphatic hydroxyl groups is 1. The van der Waals surface area contributed by atoms with Crippen LogP contribution in [-0.4, -0.2) is 49.6 Å². The van der Waals surface area contributed by atoms with Crippen molar-refractivity contribution in [1.82, 2.24) is 19.4 Å². The van der Waals surface area contributed by atoms with Crippen LogP contribution in [0.4, 0.5) is 0 Å². The molecule has 1 N–H and O–H groups in total. The molecule has 0 unspecified atom stereocenters. The summed E-state index contributed by atoms with van der Waals surface area (Å²) in [6, 6.07) is 7.14. The first-order valence-electron chi connectivity index (χ1n) is 8.81. The molecule has 0 aliphatic carbocycles. The van der Waals surface area contributed by atoms with Gasteiger partial charge >= 0.3 is 0 Å². The van der Waals surface area contributed by atoms with E-state index in [2.05, 4.69) is 10.1 Å². The second-order valence-corrected chi connectivity index (χ2v) is 7.01. The third-order valence-corrected chi connectivity index (χ3v) is 4.99. The molecule has 4 heterocycles. The van der Waals surface area contributed by atoms with E-state index < -0.39 is 17.6 Å². The third-order valence-electron chi connectivity index (χ3n) is 4.99. The van der Waals surface area contributed by atoms with Gasteiger partial charge in [0.2, 0.25) is 0 Å². The Bertz CT molecular complexity index is 1070. The molecule has 1 amide bonds. The molecule has 1 aliphatic rings. The molecule has 2 atom stereocenters. The number of carbonyl (C=O) groups excluding carboxylic acids is 1. The van der Waals surface area contributed by atoms with Gasteiger partial charge in [-0.15, -0.1) is 0 Å². The first-order valence-corrected chi connectivity index (χ1v) is 8.81. The molecule has 1 aliphatic heterocycles. The number of β-amino-alcohol motifs (C(OH)–C–C–N with tert-alkyl or cyclic N) is 1. The van der Waals surface area contributed by atoms with Crippen LogP contribution in [0.25, 0.3) is 5.65 Å². The largest absolute Gasteiger partial charge is 0.391 e.